The highest BCUT2D eigenvalue weighted by atomic mass is 35.5. The number of rotatable bonds is 5. The fourth-order valence-electron chi connectivity index (χ4n) is 3.98. The second-order valence-corrected chi connectivity index (χ2v) is 10.3. The van der Waals surface area contributed by atoms with Crippen molar-refractivity contribution in [3.05, 3.63) is 63.0 Å². The third-order valence-corrected chi connectivity index (χ3v) is 8.56. The molecule has 1 aromatic heterocycles. The fraction of sp³-hybridized carbons (Fsp3) is 0.333. The second-order valence-electron chi connectivity index (χ2n) is 7.57. The molecule has 2 heterocycles. The Morgan fingerprint density at radius 3 is 2.16 bits per heavy atom. The molecule has 1 aliphatic heterocycles. The van der Waals surface area contributed by atoms with Gasteiger partial charge in [0.1, 0.15) is 4.90 Å². The fourth-order valence-corrected chi connectivity index (χ4v) is 6.49. The van der Waals surface area contributed by atoms with Crippen LogP contribution < -0.4 is 5.69 Å². The molecule has 1 aliphatic rings. The van der Waals surface area contributed by atoms with Gasteiger partial charge in [0.25, 0.3) is 0 Å². The van der Waals surface area contributed by atoms with E-state index < -0.39 is 10.0 Å². The predicted molar refractivity (Wildman–Crippen MR) is 124 cm³/mol. The minimum Gasteiger partial charge on any atom is -0.340 e. The molecule has 1 fully saturated rings. The number of hydrogen-bond donors (Lipinski definition) is 0. The Hall–Kier alpha value is -2.33. The van der Waals surface area contributed by atoms with Crippen molar-refractivity contribution in [3.63, 3.8) is 0 Å². The van der Waals surface area contributed by atoms with Crippen LogP contribution in [0.1, 0.15) is 6.42 Å². The number of nitrogens with zero attached hydrogens (tertiary/aromatic N) is 4. The molecule has 32 heavy (non-hydrogen) atoms. The lowest BCUT2D eigenvalue weighted by atomic mass is 10.3. The first kappa shape index (κ1) is 22.8. The SMILES string of the molecule is Cn1c(=O)n(CCC(=O)N2CCN(S(=O)(=O)c3c(Cl)cccc3Cl)CC2)c2ccccc21. The number of hydrogen-bond acceptors (Lipinski definition) is 4. The number of sulfonamides is 1. The van der Waals surface area contributed by atoms with Crippen LogP contribution >= 0.6 is 23.2 Å². The first-order valence-electron chi connectivity index (χ1n) is 10.1. The molecule has 0 saturated carbocycles. The number of imidazole rings is 1. The van der Waals surface area contributed by atoms with Crippen LogP contribution in [0.4, 0.5) is 0 Å². The van der Waals surface area contributed by atoms with Crippen molar-refractivity contribution in [1.82, 2.24) is 18.3 Å². The zero-order valence-corrected chi connectivity index (χ0v) is 19.7. The Bertz CT molecular complexity index is 1320. The number of aryl methyl sites for hydroxylation is 2. The minimum absolute atomic E-state index is 0.0662. The molecule has 1 saturated heterocycles. The third kappa shape index (κ3) is 4.05. The van der Waals surface area contributed by atoms with Crippen molar-refractivity contribution in [2.75, 3.05) is 26.2 Å². The van der Waals surface area contributed by atoms with Crippen molar-refractivity contribution in [2.45, 2.75) is 17.9 Å². The van der Waals surface area contributed by atoms with Crippen LogP contribution in [-0.4, -0.2) is 58.8 Å². The van der Waals surface area contributed by atoms with Crippen molar-refractivity contribution < 1.29 is 13.2 Å². The summed E-state index contributed by atoms with van der Waals surface area (Å²) in [5.41, 5.74) is 1.41. The number of halogens is 2. The highest BCUT2D eigenvalue weighted by Crippen LogP contribution is 2.31. The monoisotopic (exact) mass is 496 g/mol. The number of carbonyl (C=O) groups is 1. The van der Waals surface area contributed by atoms with Crippen LogP contribution in [0.5, 0.6) is 0 Å². The summed E-state index contributed by atoms with van der Waals surface area (Å²) in [6.45, 7) is 1.05. The highest BCUT2D eigenvalue weighted by Gasteiger charge is 2.33. The van der Waals surface area contributed by atoms with Gasteiger partial charge in [0.05, 0.1) is 21.1 Å². The van der Waals surface area contributed by atoms with Crippen LogP contribution in [0.15, 0.2) is 52.2 Å². The summed E-state index contributed by atoms with van der Waals surface area (Å²) in [5, 5.41) is 0.132. The molecule has 0 radical (unpaired) electrons. The van der Waals surface area contributed by atoms with E-state index in [0.717, 1.165) is 11.0 Å². The Morgan fingerprint density at radius 2 is 1.53 bits per heavy atom. The molecule has 8 nitrogen and oxygen atoms in total. The van der Waals surface area contributed by atoms with Gasteiger partial charge in [0, 0.05) is 46.2 Å². The lowest BCUT2D eigenvalue weighted by molar-refractivity contribution is -0.132. The van der Waals surface area contributed by atoms with Gasteiger partial charge in [-0.1, -0.05) is 41.4 Å². The summed E-state index contributed by atoms with van der Waals surface area (Å²) in [7, 11) is -2.17. The van der Waals surface area contributed by atoms with Gasteiger partial charge in [0.15, 0.2) is 0 Å². The van der Waals surface area contributed by atoms with E-state index in [-0.39, 0.29) is 65.7 Å². The van der Waals surface area contributed by atoms with Crippen LogP contribution in [0.25, 0.3) is 11.0 Å². The zero-order valence-electron chi connectivity index (χ0n) is 17.4. The van der Waals surface area contributed by atoms with E-state index in [9.17, 15) is 18.0 Å². The summed E-state index contributed by atoms with van der Waals surface area (Å²) in [6.07, 6.45) is 0.150. The van der Waals surface area contributed by atoms with Crippen LogP contribution in [-0.2, 0) is 28.4 Å². The number of benzene rings is 2. The average Bonchev–Trinajstić information content (AvgIpc) is 3.02. The minimum atomic E-state index is -3.87. The van der Waals surface area contributed by atoms with Gasteiger partial charge >= 0.3 is 5.69 Å². The Labute approximate surface area is 195 Å². The molecule has 170 valence electrons. The van der Waals surface area contributed by atoms with E-state index >= 15 is 0 Å². The Kier molecular flexibility index (Phi) is 6.35. The Morgan fingerprint density at radius 1 is 0.938 bits per heavy atom. The smallest absolute Gasteiger partial charge is 0.328 e. The molecule has 0 spiro atoms. The van der Waals surface area contributed by atoms with E-state index in [1.165, 1.54) is 16.4 Å². The van der Waals surface area contributed by atoms with Crippen molar-refractivity contribution in [1.29, 1.82) is 0 Å². The van der Waals surface area contributed by atoms with E-state index in [2.05, 4.69) is 0 Å². The number of fused-ring (bicyclic) bond motifs is 1. The maximum absolute atomic E-state index is 13.0. The normalized spacial score (nSPS) is 15.4. The molecule has 1 amide bonds. The first-order valence-corrected chi connectivity index (χ1v) is 12.3. The van der Waals surface area contributed by atoms with Crippen LogP contribution in [0.2, 0.25) is 10.0 Å². The number of aromatic nitrogens is 2. The zero-order chi connectivity index (χ0) is 23.0. The van der Waals surface area contributed by atoms with Gasteiger partial charge < -0.3 is 4.90 Å². The van der Waals surface area contributed by atoms with Crippen molar-refractivity contribution >= 4 is 50.2 Å². The van der Waals surface area contributed by atoms with E-state index in [1.54, 1.807) is 27.1 Å². The van der Waals surface area contributed by atoms with Gasteiger partial charge in [-0.25, -0.2) is 13.2 Å². The van der Waals surface area contributed by atoms with Crippen LogP contribution in [0, 0.1) is 0 Å². The topological polar surface area (TPSA) is 84.6 Å². The van der Waals surface area contributed by atoms with Gasteiger partial charge in [-0.15, -0.1) is 0 Å². The van der Waals surface area contributed by atoms with Gasteiger partial charge in [-0.2, -0.15) is 4.31 Å². The first-order chi connectivity index (χ1) is 15.2. The summed E-state index contributed by atoms with van der Waals surface area (Å²) in [4.78, 5) is 26.8. The predicted octanol–water partition coefficient (Wildman–Crippen LogP) is 2.57. The number of amides is 1. The van der Waals surface area contributed by atoms with E-state index in [1.807, 2.05) is 24.3 Å². The maximum Gasteiger partial charge on any atom is 0.328 e. The van der Waals surface area contributed by atoms with E-state index in [4.69, 9.17) is 23.2 Å². The molecular weight excluding hydrogens is 475 g/mol. The second kappa shape index (κ2) is 8.90. The number of carbonyl (C=O) groups excluding carboxylic acids is 1. The molecule has 0 atom stereocenters. The Balaban J connectivity index is 1.42. The molecule has 0 unspecified atom stereocenters. The van der Waals surface area contributed by atoms with Gasteiger partial charge in [-0.05, 0) is 24.3 Å². The van der Waals surface area contributed by atoms with Gasteiger partial charge in [0.2, 0.25) is 15.9 Å². The number of para-hydroxylation sites is 2. The molecule has 0 N–H and O–H groups in total. The largest absolute Gasteiger partial charge is 0.340 e. The van der Waals surface area contributed by atoms with Crippen molar-refractivity contribution in [2.24, 2.45) is 7.05 Å². The average molecular weight is 497 g/mol. The molecule has 0 aliphatic carbocycles. The summed E-state index contributed by atoms with van der Waals surface area (Å²) >= 11 is 12.2. The molecule has 11 heteroatoms. The maximum atomic E-state index is 13.0. The third-order valence-electron chi connectivity index (χ3n) is 5.71. The molecule has 3 aromatic rings. The molecule has 4 rings (SSSR count). The van der Waals surface area contributed by atoms with Crippen molar-refractivity contribution in [3.8, 4) is 0 Å². The summed E-state index contributed by atoms with van der Waals surface area (Å²) in [6, 6.07) is 12.0. The lowest BCUT2D eigenvalue weighted by Crippen LogP contribution is -2.50. The quantitative estimate of drug-likeness (QED) is 0.543. The number of piperazine rings is 1. The summed E-state index contributed by atoms with van der Waals surface area (Å²) < 4.78 is 30.4. The molecule has 0 bridgehead atoms. The molecule has 2 aromatic carbocycles. The van der Waals surface area contributed by atoms with Crippen LogP contribution in [0.3, 0.4) is 0 Å². The summed E-state index contributed by atoms with van der Waals surface area (Å²) in [5.74, 6) is -0.127. The lowest BCUT2D eigenvalue weighted by Gasteiger charge is -2.34. The molecular formula is C21H22Cl2N4O4S. The van der Waals surface area contributed by atoms with E-state index in [0.29, 0.717) is 0 Å². The van der Waals surface area contributed by atoms with Gasteiger partial charge in [-0.3, -0.25) is 13.9 Å². The standard InChI is InChI=1S/C21H22Cl2N4O4S/c1-24-17-7-2-3-8-18(17)27(21(24)29)10-9-19(28)25-11-13-26(14-12-25)32(30,31)20-15(22)5-4-6-16(20)23/h2-8H,9-14H2,1H3. The highest BCUT2D eigenvalue weighted by molar-refractivity contribution is 7.89.